The first-order valence-corrected chi connectivity index (χ1v) is 11.0. The van der Waals surface area contributed by atoms with Crippen molar-refractivity contribution in [2.45, 2.75) is 19.2 Å². The Bertz CT molecular complexity index is 955. The topological polar surface area (TPSA) is 63.2 Å². The summed E-state index contributed by atoms with van der Waals surface area (Å²) in [6.07, 6.45) is 0. The minimum atomic E-state index is -3.43. The maximum Gasteiger partial charge on any atom is 0.216 e. The molecule has 1 aromatic carbocycles. The van der Waals surface area contributed by atoms with Gasteiger partial charge in [-0.25, -0.2) is 13.1 Å². The molecule has 4 nitrogen and oxygen atoms in total. The summed E-state index contributed by atoms with van der Waals surface area (Å²) in [6, 6.07) is 12.7. The number of ketones is 1. The highest BCUT2D eigenvalue weighted by molar-refractivity contribution is 7.88. The number of rotatable bonds is 7. The van der Waals surface area contributed by atoms with E-state index in [0.717, 1.165) is 16.0 Å². The zero-order valence-corrected chi connectivity index (χ0v) is 16.0. The van der Waals surface area contributed by atoms with Gasteiger partial charge >= 0.3 is 0 Å². The first-order valence-electron chi connectivity index (χ1n) is 7.61. The van der Waals surface area contributed by atoms with Crippen molar-refractivity contribution in [2.24, 2.45) is 0 Å². The fourth-order valence-corrected chi connectivity index (χ4v) is 5.01. The molecule has 25 heavy (non-hydrogen) atoms. The van der Waals surface area contributed by atoms with Crippen LogP contribution in [0.1, 0.15) is 31.2 Å². The van der Waals surface area contributed by atoms with Crippen molar-refractivity contribution in [1.82, 2.24) is 4.72 Å². The summed E-state index contributed by atoms with van der Waals surface area (Å²) < 4.78 is 27.0. The minimum absolute atomic E-state index is 0.0278. The molecule has 0 aliphatic rings. The predicted molar refractivity (Wildman–Crippen MR) is 103 cm³/mol. The van der Waals surface area contributed by atoms with Crippen LogP contribution in [0.4, 0.5) is 0 Å². The fourth-order valence-electron chi connectivity index (χ4n) is 2.27. The van der Waals surface area contributed by atoms with E-state index in [-0.39, 0.29) is 18.1 Å². The van der Waals surface area contributed by atoms with Gasteiger partial charge in [0.15, 0.2) is 0 Å². The van der Waals surface area contributed by atoms with Crippen LogP contribution in [0.15, 0.2) is 53.2 Å². The van der Waals surface area contributed by atoms with Crippen LogP contribution in [-0.4, -0.2) is 14.2 Å². The summed E-state index contributed by atoms with van der Waals surface area (Å²) in [4.78, 5) is 13.7. The molecule has 0 atom stereocenters. The van der Waals surface area contributed by atoms with Crippen LogP contribution in [0.2, 0.25) is 0 Å². The van der Waals surface area contributed by atoms with Gasteiger partial charge in [0, 0.05) is 22.4 Å². The molecule has 2 aromatic heterocycles. The molecule has 0 amide bonds. The number of hydrogen-bond donors (Lipinski definition) is 1. The summed E-state index contributed by atoms with van der Waals surface area (Å²) >= 11 is 2.79. The van der Waals surface area contributed by atoms with E-state index < -0.39 is 10.0 Å². The summed E-state index contributed by atoms with van der Waals surface area (Å²) in [6.45, 7) is 2.15. The zero-order chi connectivity index (χ0) is 17.9. The quantitative estimate of drug-likeness (QED) is 0.620. The average Bonchev–Trinajstić information content (AvgIpc) is 3.26. The third-order valence-corrected chi connectivity index (χ3v) is 6.68. The Morgan fingerprint density at radius 2 is 1.84 bits per heavy atom. The number of sulfonamides is 1. The molecule has 0 aliphatic carbocycles. The van der Waals surface area contributed by atoms with E-state index in [1.807, 2.05) is 41.9 Å². The van der Waals surface area contributed by atoms with E-state index in [4.69, 9.17) is 0 Å². The molecule has 0 aliphatic heterocycles. The van der Waals surface area contributed by atoms with E-state index in [9.17, 15) is 13.2 Å². The lowest BCUT2D eigenvalue weighted by atomic mass is 10.2. The van der Waals surface area contributed by atoms with Crippen molar-refractivity contribution in [1.29, 1.82) is 0 Å². The first kappa shape index (κ1) is 18.0. The molecule has 0 fully saturated rings. The molecule has 3 rings (SSSR count). The standard InChI is InChI=1S/C18H17NO3S3/c1-13-2-4-14(5-3-13)12-25(21,22)19-10-16-6-7-17(24-16)18(20)15-8-9-23-11-15/h2-9,11,19H,10,12H2,1H3. The highest BCUT2D eigenvalue weighted by Gasteiger charge is 2.15. The van der Waals surface area contributed by atoms with Crippen LogP contribution in [-0.2, 0) is 22.3 Å². The lowest BCUT2D eigenvalue weighted by Crippen LogP contribution is -2.24. The Hall–Kier alpha value is -1.80. The second kappa shape index (κ2) is 7.61. The van der Waals surface area contributed by atoms with Gasteiger partial charge in [-0.1, -0.05) is 29.8 Å². The third kappa shape index (κ3) is 4.85. The lowest BCUT2D eigenvalue weighted by molar-refractivity contribution is 0.104. The summed E-state index contributed by atoms with van der Waals surface area (Å²) in [5.74, 6) is -0.0840. The van der Waals surface area contributed by atoms with Crippen molar-refractivity contribution in [3.8, 4) is 0 Å². The van der Waals surface area contributed by atoms with Crippen molar-refractivity contribution in [3.63, 3.8) is 0 Å². The predicted octanol–water partition coefficient (Wildman–Crippen LogP) is 3.97. The van der Waals surface area contributed by atoms with Gasteiger partial charge in [-0.15, -0.1) is 11.3 Å². The molecule has 0 unspecified atom stereocenters. The molecule has 0 bridgehead atoms. The van der Waals surface area contributed by atoms with Crippen LogP contribution in [0, 0.1) is 6.92 Å². The normalized spacial score (nSPS) is 11.6. The van der Waals surface area contributed by atoms with Gasteiger partial charge in [0.05, 0.1) is 10.6 Å². The van der Waals surface area contributed by atoms with Crippen molar-refractivity contribution in [2.75, 3.05) is 0 Å². The Morgan fingerprint density at radius 3 is 2.52 bits per heavy atom. The molecule has 130 valence electrons. The van der Waals surface area contributed by atoms with Crippen LogP contribution in [0.25, 0.3) is 0 Å². The fraction of sp³-hybridized carbons (Fsp3) is 0.167. The molecule has 2 heterocycles. The van der Waals surface area contributed by atoms with Crippen molar-refractivity contribution >= 4 is 38.5 Å². The number of carbonyl (C=O) groups excluding carboxylic acids is 1. The Morgan fingerprint density at radius 1 is 1.08 bits per heavy atom. The van der Waals surface area contributed by atoms with Crippen molar-refractivity contribution in [3.05, 3.63) is 79.7 Å². The first-order chi connectivity index (χ1) is 11.9. The molecule has 0 saturated heterocycles. The van der Waals surface area contributed by atoms with Crippen LogP contribution >= 0.6 is 22.7 Å². The molecule has 3 aromatic rings. The number of aryl methyl sites for hydroxylation is 1. The van der Waals surface area contributed by atoms with E-state index in [1.54, 1.807) is 18.2 Å². The van der Waals surface area contributed by atoms with Gasteiger partial charge in [-0.3, -0.25) is 4.79 Å². The van der Waals surface area contributed by atoms with E-state index in [0.29, 0.717) is 10.4 Å². The minimum Gasteiger partial charge on any atom is -0.288 e. The van der Waals surface area contributed by atoms with Gasteiger partial charge in [-0.2, -0.15) is 11.3 Å². The largest absolute Gasteiger partial charge is 0.288 e. The molecular formula is C18H17NO3S3. The van der Waals surface area contributed by atoms with Gasteiger partial charge in [0.25, 0.3) is 0 Å². The van der Waals surface area contributed by atoms with Crippen LogP contribution < -0.4 is 4.72 Å². The Kier molecular flexibility index (Phi) is 5.48. The molecule has 0 radical (unpaired) electrons. The van der Waals surface area contributed by atoms with Crippen molar-refractivity contribution < 1.29 is 13.2 Å². The highest BCUT2D eigenvalue weighted by Crippen LogP contribution is 2.21. The smallest absolute Gasteiger partial charge is 0.216 e. The van der Waals surface area contributed by atoms with Gasteiger partial charge in [-0.05, 0) is 36.1 Å². The number of benzene rings is 1. The number of hydrogen-bond acceptors (Lipinski definition) is 5. The Labute approximate surface area is 155 Å². The highest BCUT2D eigenvalue weighted by atomic mass is 32.2. The molecular weight excluding hydrogens is 374 g/mol. The molecule has 0 saturated carbocycles. The van der Waals surface area contributed by atoms with E-state index in [2.05, 4.69) is 4.72 Å². The number of thiophene rings is 2. The van der Waals surface area contributed by atoms with Crippen LogP contribution in [0.5, 0.6) is 0 Å². The monoisotopic (exact) mass is 391 g/mol. The van der Waals surface area contributed by atoms with Crippen LogP contribution in [0.3, 0.4) is 0 Å². The van der Waals surface area contributed by atoms with Gasteiger partial charge in [0.2, 0.25) is 15.8 Å². The Balaban J connectivity index is 1.61. The van der Waals surface area contributed by atoms with E-state index in [1.165, 1.54) is 22.7 Å². The maximum atomic E-state index is 12.3. The zero-order valence-electron chi connectivity index (χ0n) is 13.6. The van der Waals surface area contributed by atoms with Gasteiger partial charge in [0.1, 0.15) is 0 Å². The second-order valence-corrected chi connectivity index (χ2v) is 9.43. The number of carbonyl (C=O) groups is 1. The SMILES string of the molecule is Cc1ccc(CS(=O)(=O)NCc2ccc(C(=O)c3ccsc3)s2)cc1. The summed E-state index contributed by atoms with van der Waals surface area (Å²) in [5.41, 5.74) is 2.51. The lowest BCUT2D eigenvalue weighted by Gasteiger charge is -2.06. The average molecular weight is 392 g/mol. The van der Waals surface area contributed by atoms with Gasteiger partial charge < -0.3 is 0 Å². The molecule has 0 spiro atoms. The summed E-state index contributed by atoms with van der Waals surface area (Å²) in [7, 11) is -3.43. The summed E-state index contributed by atoms with van der Waals surface area (Å²) in [5, 5.41) is 3.67. The molecule has 7 heteroatoms. The molecule has 1 N–H and O–H groups in total. The van der Waals surface area contributed by atoms with E-state index >= 15 is 0 Å². The second-order valence-electron chi connectivity index (χ2n) is 5.67. The number of nitrogens with one attached hydrogen (secondary N) is 1. The third-order valence-electron chi connectivity index (χ3n) is 3.61. The maximum absolute atomic E-state index is 12.3.